The molecule has 0 amide bonds. The van der Waals surface area contributed by atoms with Crippen molar-refractivity contribution in [3.8, 4) is 11.3 Å². The molecule has 1 aromatic carbocycles. The molecule has 5 nitrogen and oxygen atoms in total. The van der Waals surface area contributed by atoms with Gasteiger partial charge in [-0.2, -0.15) is 5.10 Å². The molecule has 102 valence electrons. The van der Waals surface area contributed by atoms with Crippen LogP contribution in [-0.2, 0) is 13.1 Å². The van der Waals surface area contributed by atoms with Gasteiger partial charge in [-0.15, -0.1) is 0 Å². The Labute approximate surface area is 117 Å². The molecule has 0 aliphatic carbocycles. The van der Waals surface area contributed by atoms with Crippen molar-refractivity contribution in [2.45, 2.75) is 20.0 Å². The monoisotopic (exact) mass is 267 g/mol. The van der Waals surface area contributed by atoms with Crippen LogP contribution in [0.25, 0.3) is 11.3 Å². The van der Waals surface area contributed by atoms with Crippen molar-refractivity contribution in [2.24, 2.45) is 0 Å². The van der Waals surface area contributed by atoms with Crippen molar-refractivity contribution < 1.29 is 0 Å². The third kappa shape index (κ3) is 2.78. The first-order chi connectivity index (χ1) is 9.83. The maximum atomic E-state index is 4.27. The van der Waals surface area contributed by atoms with Crippen molar-refractivity contribution >= 4 is 0 Å². The molecule has 3 N–H and O–H groups in total. The largest absolute Gasteiger partial charge is 0.348 e. The lowest BCUT2D eigenvalue weighted by Gasteiger charge is -2.05. The Morgan fingerprint density at radius 2 is 1.95 bits per heavy atom. The summed E-state index contributed by atoms with van der Waals surface area (Å²) < 4.78 is 0. The molecule has 0 aliphatic heterocycles. The Morgan fingerprint density at radius 3 is 2.60 bits per heavy atom. The number of nitrogens with one attached hydrogen (secondary N) is 3. The molecule has 0 spiro atoms. The minimum atomic E-state index is 0.775. The molecule has 0 aliphatic rings. The lowest BCUT2D eigenvalue weighted by molar-refractivity contribution is 0.679. The van der Waals surface area contributed by atoms with Gasteiger partial charge in [-0.05, 0) is 24.1 Å². The first-order valence-electron chi connectivity index (χ1n) is 6.61. The van der Waals surface area contributed by atoms with Gasteiger partial charge in [0.1, 0.15) is 0 Å². The van der Waals surface area contributed by atoms with E-state index in [0.29, 0.717) is 0 Å². The van der Waals surface area contributed by atoms with E-state index in [2.05, 4.69) is 49.7 Å². The summed E-state index contributed by atoms with van der Waals surface area (Å²) in [5, 5.41) is 10.3. The fraction of sp³-hybridized carbons (Fsp3) is 0.200. The summed E-state index contributed by atoms with van der Waals surface area (Å²) in [6.07, 6.45) is 3.49. The van der Waals surface area contributed by atoms with Crippen LogP contribution in [0.3, 0.4) is 0 Å². The lowest BCUT2D eigenvalue weighted by Crippen LogP contribution is -2.13. The third-order valence-corrected chi connectivity index (χ3v) is 3.32. The number of benzene rings is 1. The molecule has 0 saturated heterocycles. The van der Waals surface area contributed by atoms with Gasteiger partial charge in [-0.3, -0.25) is 5.10 Å². The molecule has 0 atom stereocenters. The van der Waals surface area contributed by atoms with Gasteiger partial charge >= 0.3 is 0 Å². The van der Waals surface area contributed by atoms with Gasteiger partial charge in [-0.25, -0.2) is 4.98 Å². The van der Waals surface area contributed by atoms with Gasteiger partial charge in [0.2, 0.25) is 0 Å². The molecule has 0 fully saturated rings. The van der Waals surface area contributed by atoms with E-state index in [9.17, 15) is 0 Å². The Hall–Kier alpha value is -2.40. The third-order valence-electron chi connectivity index (χ3n) is 3.32. The summed E-state index contributed by atoms with van der Waals surface area (Å²) in [6, 6.07) is 10.4. The fourth-order valence-corrected chi connectivity index (χ4v) is 2.11. The van der Waals surface area contributed by atoms with Crippen LogP contribution in [0.1, 0.15) is 17.0 Å². The van der Waals surface area contributed by atoms with Crippen LogP contribution in [0.5, 0.6) is 0 Å². The second kappa shape index (κ2) is 5.71. The molecule has 5 heteroatoms. The Bertz CT molecular complexity index is 652. The Kier molecular flexibility index (Phi) is 3.60. The topological polar surface area (TPSA) is 69.4 Å². The van der Waals surface area contributed by atoms with E-state index in [1.54, 1.807) is 12.5 Å². The zero-order valence-corrected chi connectivity index (χ0v) is 11.4. The molecule has 2 aromatic heterocycles. The number of aryl methyl sites for hydroxylation is 1. The predicted molar refractivity (Wildman–Crippen MR) is 77.9 cm³/mol. The maximum Gasteiger partial charge on any atom is 0.0925 e. The maximum absolute atomic E-state index is 4.27. The predicted octanol–water partition coefficient (Wildman–Crippen LogP) is 2.40. The molecule has 2 heterocycles. The van der Waals surface area contributed by atoms with E-state index < -0.39 is 0 Å². The molecule has 3 aromatic rings. The molecule has 0 unspecified atom stereocenters. The van der Waals surface area contributed by atoms with Gasteiger partial charge in [0.05, 0.1) is 17.7 Å². The highest BCUT2D eigenvalue weighted by Gasteiger charge is 2.01. The van der Waals surface area contributed by atoms with Crippen molar-refractivity contribution in [1.82, 2.24) is 25.5 Å². The number of hydrogen-bond donors (Lipinski definition) is 3. The number of hydrogen-bond acceptors (Lipinski definition) is 3. The van der Waals surface area contributed by atoms with Crippen LogP contribution in [0.4, 0.5) is 0 Å². The minimum Gasteiger partial charge on any atom is -0.348 e. The van der Waals surface area contributed by atoms with Crippen molar-refractivity contribution in [3.05, 3.63) is 59.8 Å². The van der Waals surface area contributed by atoms with Gasteiger partial charge in [0, 0.05) is 25.0 Å². The highest BCUT2D eigenvalue weighted by molar-refractivity contribution is 5.58. The van der Waals surface area contributed by atoms with Crippen molar-refractivity contribution in [2.75, 3.05) is 0 Å². The van der Waals surface area contributed by atoms with Crippen molar-refractivity contribution in [1.29, 1.82) is 0 Å². The molecule has 0 radical (unpaired) electrons. The summed E-state index contributed by atoms with van der Waals surface area (Å²) in [7, 11) is 0. The molecular weight excluding hydrogens is 250 g/mol. The van der Waals surface area contributed by atoms with E-state index in [1.807, 2.05) is 13.0 Å². The average molecular weight is 267 g/mol. The molecule has 0 saturated carbocycles. The molecule has 0 bridgehead atoms. The van der Waals surface area contributed by atoms with E-state index in [-0.39, 0.29) is 0 Å². The van der Waals surface area contributed by atoms with Crippen LogP contribution >= 0.6 is 0 Å². The van der Waals surface area contributed by atoms with Gasteiger partial charge in [-0.1, -0.05) is 24.3 Å². The zero-order valence-electron chi connectivity index (χ0n) is 11.4. The highest BCUT2D eigenvalue weighted by Crippen LogP contribution is 2.16. The second-order valence-corrected chi connectivity index (χ2v) is 4.75. The van der Waals surface area contributed by atoms with Crippen LogP contribution in [0, 0.1) is 6.92 Å². The number of imidazole rings is 1. The second-order valence-electron chi connectivity index (χ2n) is 4.75. The first-order valence-corrected chi connectivity index (χ1v) is 6.61. The lowest BCUT2D eigenvalue weighted by atomic mass is 10.1. The first kappa shape index (κ1) is 12.6. The van der Waals surface area contributed by atoms with Gasteiger partial charge in [0.25, 0.3) is 0 Å². The summed E-state index contributed by atoms with van der Waals surface area (Å²) in [6.45, 7) is 3.64. The summed E-state index contributed by atoms with van der Waals surface area (Å²) in [4.78, 5) is 7.35. The highest BCUT2D eigenvalue weighted by atomic mass is 15.1. The van der Waals surface area contributed by atoms with E-state index in [4.69, 9.17) is 0 Å². The number of aromatic nitrogens is 4. The summed E-state index contributed by atoms with van der Waals surface area (Å²) in [5.74, 6) is 0. The number of nitrogens with zero attached hydrogens (tertiary/aromatic N) is 2. The Balaban J connectivity index is 1.57. The Morgan fingerprint density at radius 1 is 1.10 bits per heavy atom. The normalized spacial score (nSPS) is 10.8. The molecular formula is C15H17N5. The van der Waals surface area contributed by atoms with Crippen LogP contribution in [0.2, 0.25) is 0 Å². The van der Waals surface area contributed by atoms with Crippen LogP contribution in [-0.4, -0.2) is 20.2 Å². The zero-order chi connectivity index (χ0) is 13.8. The van der Waals surface area contributed by atoms with Gasteiger partial charge in [0.15, 0.2) is 0 Å². The van der Waals surface area contributed by atoms with E-state index in [1.165, 1.54) is 5.56 Å². The smallest absolute Gasteiger partial charge is 0.0925 e. The van der Waals surface area contributed by atoms with Crippen LogP contribution in [0.15, 0.2) is 42.9 Å². The summed E-state index contributed by atoms with van der Waals surface area (Å²) in [5.41, 5.74) is 5.62. The number of H-pyrrole nitrogens is 2. The molecule has 20 heavy (non-hydrogen) atoms. The molecule has 3 rings (SSSR count). The average Bonchev–Trinajstić information content (AvgIpc) is 3.12. The SMILES string of the molecule is Cc1[nH]cnc1CNCc1ccc(-c2ccn[nH]2)cc1. The van der Waals surface area contributed by atoms with Crippen LogP contribution < -0.4 is 5.32 Å². The standard InChI is InChI=1S/C15H17N5/c1-11-15(18-10-17-11)9-16-8-12-2-4-13(5-3-12)14-6-7-19-20-14/h2-7,10,16H,8-9H2,1H3,(H,17,18)(H,19,20). The fourth-order valence-electron chi connectivity index (χ4n) is 2.11. The van der Waals surface area contributed by atoms with E-state index in [0.717, 1.165) is 35.7 Å². The van der Waals surface area contributed by atoms with Gasteiger partial charge < -0.3 is 10.3 Å². The summed E-state index contributed by atoms with van der Waals surface area (Å²) >= 11 is 0. The minimum absolute atomic E-state index is 0.775. The number of aromatic amines is 2. The van der Waals surface area contributed by atoms with E-state index >= 15 is 0 Å². The quantitative estimate of drug-likeness (QED) is 0.665. The number of rotatable bonds is 5. The van der Waals surface area contributed by atoms with Crippen molar-refractivity contribution in [3.63, 3.8) is 0 Å².